The van der Waals surface area contributed by atoms with Gasteiger partial charge in [0.2, 0.25) is 5.88 Å². The molecule has 124 valence electrons. The smallest absolute Gasteiger partial charge is 0.214 e. The molecule has 2 heterocycles. The minimum absolute atomic E-state index is 0.0200. The summed E-state index contributed by atoms with van der Waals surface area (Å²) in [6.07, 6.45) is 1.83. The molecule has 4 rings (SSSR count). The van der Waals surface area contributed by atoms with Crippen molar-refractivity contribution in [2.45, 2.75) is 13.5 Å². The largest absolute Gasteiger partial charge is 0.470 e. The number of para-hydroxylation sites is 1. The maximum Gasteiger partial charge on any atom is 0.214 e. The lowest BCUT2D eigenvalue weighted by Gasteiger charge is -2.08. The third kappa shape index (κ3) is 2.98. The Morgan fingerprint density at radius 2 is 1.76 bits per heavy atom. The second-order valence-electron chi connectivity index (χ2n) is 6.12. The summed E-state index contributed by atoms with van der Waals surface area (Å²) >= 11 is 0. The van der Waals surface area contributed by atoms with Crippen molar-refractivity contribution in [3.05, 3.63) is 72.4 Å². The van der Waals surface area contributed by atoms with Crippen molar-refractivity contribution in [2.75, 3.05) is 6.61 Å². The average Bonchev–Trinajstić information content (AvgIpc) is 2.95. The monoisotopic (exact) mass is 330 g/mol. The quantitative estimate of drug-likeness (QED) is 0.551. The standard InChI is InChI=1S/C21H18N2O2/c1-15(24)14-25-21-11-18-17-9-5-6-10-19(17)23(20(18)12-22-21)13-16-7-3-2-4-8-16/h2-12H,13-14H2,1H3. The minimum atomic E-state index is -0.0200. The van der Waals surface area contributed by atoms with Gasteiger partial charge in [0.05, 0.1) is 11.7 Å². The number of hydrogen-bond acceptors (Lipinski definition) is 3. The fourth-order valence-corrected chi connectivity index (χ4v) is 3.12. The first-order valence-electron chi connectivity index (χ1n) is 8.25. The second-order valence-corrected chi connectivity index (χ2v) is 6.12. The number of carbonyl (C=O) groups is 1. The molecular formula is C21H18N2O2. The average molecular weight is 330 g/mol. The maximum atomic E-state index is 11.1. The molecule has 4 heteroatoms. The first kappa shape index (κ1) is 15.4. The Morgan fingerprint density at radius 3 is 2.56 bits per heavy atom. The number of pyridine rings is 1. The Hall–Kier alpha value is -3.14. The zero-order chi connectivity index (χ0) is 17.2. The van der Waals surface area contributed by atoms with Crippen LogP contribution < -0.4 is 4.74 Å². The van der Waals surface area contributed by atoms with E-state index in [0.29, 0.717) is 5.88 Å². The fourth-order valence-electron chi connectivity index (χ4n) is 3.12. The van der Waals surface area contributed by atoms with Gasteiger partial charge in [0, 0.05) is 28.9 Å². The van der Waals surface area contributed by atoms with Crippen LogP contribution in [-0.4, -0.2) is 21.9 Å². The lowest BCUT2D eigenvalue weighted by molar-refractivity contribution is -0.119. The van der Waals surface area contributed by atoms with Gasteiger partial charge in [0.25, 0.3) is 0 Å². The summed E-state index contributed by atoms with van der Waals surface area (Å²) in [4.78, 5) is 15.5. The molecule has 0 bridgehead atoms. The van der Waals surface area contributed by atoms with Crippen LogP contribution in [0.1, 0.15) is 12.5 Å². The summed E-state index contributed by atoms with van der Waals surface area (Å²) in [5.74, 6) is 0.457. The first-order chi connectivity index (χ1) is 12.2. The molecule has 25 heavy (non-hydrogen) atoms. The molecule has 0 saturated carbocycles. The van der Waals surface area contributed by atoms with E-state index in [9.17, 15) is 4.79 Å². The van der Waals surface area contributed by atoms with E-state index in [-0.39, 0.29) is 12.4 Å². The topological polar surface area (TPSA) is 44.1 Å². The van der Waals surface area contributed by atoms with Crippen LogP contribution in [0, 0.1) is 0 Å². The third-order valence-corrected chi connectivity index (χ3v) is 4.24. The van der Waals surface area contributed by atoms with Gasteiger partial charge in [-0.2, -0.15) is 0 Å². The number of carbonyl (C=O) groups excluding carboxylic acids is 1. The van der Waals surface area contributed by atoms with Crippen molar-refractivity contribution in [1.82, 2.24) is 9.55 Å². The lowest BCUT2D eigenvalue weighted by Crippen LogP contribution is -2.07. The number of aromatic nitrogens is 2. The van der Waals surface area contributed by atoms with Crippen LogP contribution in [0.15, 0.2) is 66.9 Å². The van der Waals surface area contributed by atoms with Crippen molar-refractivity contribution >= 4 is 27.6 Å². The molecule has 4 nitrogen and oxygen atoms in total. The Labute approximate surface area is 145 Å². The van der Waals surface area contributed by atoms with Gasteiger partial charge in [-0.05, 0) is 18.6 Å². The molecule has 0 radical (unpaired) electrons. The number of nitrogens with zero attached hydrogens (tertiary/aromatic N) is 2. The lowest BCUT2D eigenvalue weighted by atomic mass is 10.2. The van der Waals surface area contributed by atoms with E-state index >= 15 is 0 Å². The number of fused-ring (bicyclic) bond motifs is 3. The number of rotatable bonds is 5. The highest BCUT2D eigenvalue weighted by molar-refractivity contribution is 6.08. The predicted octanol–water partition coefficient (Wildman–Crippen LogP) is 4.21. The molecule has 0 N–H and O–H groups in total. The van der Waals surface area contributed by atoms with Crippen LogP contribution in [-0.2, 0) is 11.3 Å². The van der Waals surface area contributed by atoms with E-state index < -0.39 is 0 Å². The van der Waals surface area contributed by atoms with E-state index in [1.807, 2.05) is 30.5 Å². The van der Waals surface area contributed by atoms with Crippen LogP contribution in [0.25, 0.3) is 21.8 Å². The first-order valence-corrected chi connectivity index (χ1v) is 8.25. The van der Waals surface area contributed by atoms with Gasteiger partial charge in [-0.25, -0.2) is 4.98 Å². The number of benzene rings is 2. The van der Waals surface area contributed by atoms with Crippen molar-refractivity contribution in [3.8, 4) is 5.88 Å². The molecule has 2 aromatic carbocycles. The van der Waals surface area contributed by atoms with Gasteiger partial charge in [-0.1, -0.05) is 48.5 Å². The van der Waals surface area contributed by atoms with Gasteiger partial charge in [-0.3, -0.25) is 4.79 Å². The molecule has 0 unspecified atom stereocenters. The highest BCUT2D eigenvalue weighted by Gasteiger charge is 2.12. The third-order valence-electron chi connectivity index (χ3n) is 4.24. The van der Waals surface area contributed by atoms with Gasteiger partial charge in [0.1, 0.15) is 6.61 Å². The van der Waals surface area contributed by atoms with Crippen LogP contribution >= 0.6 is 0 Å². The minimum Gasteiger partial charge on any atom is -0.470 e. The van der Waals surface area contributed by atoms with E-state index in [1.165, 1.54) is 12.5 Å². The molecule has 0 atom stereocenters. The normalized spacial score (nSPS) is 11.1. The zero-order valence-corrected chi connectivity index (χ0v) is 14.0. The van der Waals surface area contributed by atoms with E-state index in [4.69, 9.17) is 4.74 Å². The van der Waals surface area contributed by atoms with Gasteiger partial charge in [0.15, 0.2) is 5.78 Å². The van der Waals surface area contributed by atoms with Crippen LogP contribution in [0.4, 0.5) is 0 Å². The van der Waals surface area contributed by atoms with Crippen molar-refractivity contribution in [3.63, 3.8) is 0 Å². The number of ether oxygens (including phenoxy) is 1. The highest BCUT2D eigenvalue weighted by Crippen LogP contribution is 2.31. The van der Waals surface area contributed by atoms with Crippen LogP contribution in [0.3, 0.4) is 0 Å². The second kappa shape index (κ2) is 6.40. The fraction of sp³-hybridized carbons (Fsp3) is 0.143. The maximum absolute atomic E-state index is 11.1. The number of ketones is 1. The van der Waals surface area contributed by atoms with E-state index in [1.54, 1.807) is 0 Å². The Kier molecular flexibility index (Phi) is 3.94. The summed E-state index contributed by atoms with van der Waals surface area (Å²) < 4.78 is 7.75. The summed E-state index contributed by atoms with van der Waals surface area (Å²) in [5, 5.41) is 2.24. The molecule has 0 fully saturated rings. The summed E-state index contributed by atoms with van der Waals surface area (Å²) in [5.41, 5.74) is 3.45. The Morgan fingerprint density at radius 1 is 1.00 bits per heavy atom. The van der Waals surface area contributed by atoms with E-state index in [2.05, 4.69) is 45.9 Å². The van der Waals surface area contributed by atoms with Gasteiger partial charge < -0.3 is 9.30 Å². The predicted molar refractivity (Wildman–Crippen MR) is 99.0 cm³/mol. The van der Waals surface area contributed by atoms with Crippen molar-refractivity contribution in [1.29, 1.82) is 0 Å². The molecular weight excluding hydrogens is 312 g/mol. The molecule has 0 saturated heterocycles. The molecule has 0 spiro atoms. The number of hydrogen-bond donors (Lipinski definition) is 0. The van der Waals surface area contributed by atoms with E-state index in [0.717, 1.165) is 28.4 Å². The molecule has 0 aliphatic rings. The zero-order valence-electron chi connectivity index (χ0n) is 14.0. The summed E-state index contributed by atoms with van der Waals surface area (Å²) in [7, 11) is 0. The summed E-state index contributed by atoms with van der Waals surface area (Å²) in [6.45, 7) is 2.33. The van der Waals surface area contributed by atoms with Crippen LogP contribution in [0.5, 0.6) is 5.88 Å². The van der Waals surface area contributed by atoms with Crippen molar-refractivity contribution in [2.24, 2.45) is 0 Å². The number of Topliss-reactive ketones (excluding diaryl/α,β-unsaturated/α-hetero) is 1. The molecule has 4 aromatic rings. The molecule has 0 amide bonds. The van der Waals surface area contributed by atoms with Gasteiger partial charge in [-0.15, -0.1) is 0 Å². The molecule has 0 aliphatic heterocycles. The highest BCUT2D eigenvalue weighted by atomic mass is 16.5. The molecule has 0 aliphatic carbocycles. The summed E-state index contributed by atoms with van der Waals surface area (Å²) in [6, 6.07) is 20.6. The SMILES string of the molecule is CC(=O)COc1cc2c3ccccc3n(Cc3ccccc3)c2cn1. The Balaban J connectivity index is 1.85. The van der Waals surface area contributed by atoms with Crippen molar-refractivity contribution < 1.29 is 9.53 Å². The Bertz CT molecular complexity index is 1050. The molecule has 2 aromatic heterocycles. The van der Waals surface area contributed by atoms with Gasteiger partial charge >= 0.3 is 0 Å². The van der Waals surface area contributed by atoms with Crippen LogP contribution in [0.2, 0.25) is 0 Å².